The molecule has 3 N–H and O–H groups in total. The van der Waals surface area contributed by atoms with Crippen LogP contribution in [0, 0.1) is 16.7 Å². The van der Waals surface area contributed by atoms with Gasteiger partial charge in [0, 0.05) is 43.7 Å². The molecule has 1 aliphatic heterocycles. The standard InChI is InChI=1S/C23H25BrN8O/c1-23(21(33)26-2)4-3-16(8-23)29-22-28-12-18-19(24)31-32(20(18)30-22)17-6-13(9-25)5-14(7-17)15-10-27-11-15/h5-7,12,15-16,27H,3-4,8,10-11H2,1-2H3,(H,26,33)(H,28,29,30)/t16-,23-/m1/s1. The van der Waals surface area contributed by atoms with Gasteiger partial charge in [0.2, 0.25) is 11.9 Å². The second-order valence-corrected chi connectivity index (χ2v) is 9.89. The lowest BCUT2D eigenvalue weighted by Gasteiger charge is -2.28. The zero-order valence-electron chi connectivity index (χ0n) is 18.5. The van der Waals surface area contributed by atoms with Crippen LogP contribution in [0.25, 0.3) is 16.7 Å². The summed E-state index contributed by atoms with van der Waals surface area (Å²) < 4.78 is 2.40. The van der Waals surface area contributed by atoms with E-state index in [1.807, 2.05) is 19.1 Å². The molecule has 0 spiro atoms. The summed E-state index contributed by atoms with van der Waals surface area (Å²) in [6, 6.07) is 8.23. The lowest BCUT2D eigenvalue weighted by atomic mass is 9.87. The maximum atomic E-state index is 12.3. The van der Waals surface area contributed by atoms with Gasteiger partial charge in [-0.1, -0.05) is 6.92 Å². The van der Waals surface area contributed by atoms with Crippen LogP contribution in [0.1, 0.15) is 43.2 Å². The molecule has 10 heteroatoms. The minimum absolute atomic E-state index is 0.0695. The number of amides is 1. The van der Waals surface area contributed by atoms with Crippen molar-refractivity contribution in [2.24, 2.45) is 5.41 Å². The van der Waals surface area contributed by atoms with Gasteiger partial charge in [0.25, 0.3) is 0 Å². The Morgan fingerprint density at radius 1 is 1.36 bits per heavy atom. The third kappa shape index (κ3) is 3.96. The predicted molar refractivity (Wildman–Crippen MR) is 128 cm³/mol. The molecule has 1 saturated carbocycles. The van der Waals surface area contributed by atoms with E-state index in [1.165, 1.54) is 0 Å². The maximum absolute atomic E-state index is 12.3. The lowest BCUT2D eigenvalue weighted by molar-refractivity contribution is -0.129. The molecule has 3 heterocycles. The highest BCUT2D eigenvalue weighted by Crippen LogP contribution is 2.39. The van der Waals surface area contributed by atoms with Crippen LogP contribution in [0.3, 0.4) is 0 Å². The molecule has 5 rings (SSSR count). The van der Waals surface area contributed by atoms with Crippen molar-refractivity contribution in [3.63, 3.8) is 0 Å². The van der Waals surface area contributed by atoms with E-state index < -0.39 is 0 Å². The second kappa shape index (κ2) is 8.39. The molecule has 0 unspecified atom stereocenters. The van der Waals surface area contributed by atoms with E-state index in [1.54, 1.807) is 17.9 Å². The van der Waals surface area contributed by atoms with Gasteiger partial charge in [-0.15, -0.1) is 0 Å². The number of hydrogen-bond donors (Lipinski definition) is 3. The van der Waals surface area contributed by atoms with Gasteiger partial charge in [0.15, 0.2) is 5.65 Å². The topological polar surface area (TPSA) is 121 Å². The summed E-state index contributed by atoms with van der Waals surface area (Å²) in [6.07, 6.45) is 4.16. The Labute approximate surface area is 200 Å². The molecule has 2 fully saturated rings. The molecule has 170 valence electrons. The molecule has 33 heavy (non-hydrogen) atoms. The summed E-state index contributed by atoms with van der Waals surface area (Å²) in [6.45, 7) is 3.82. The summed E-state index contributed by atoms with van der Waals surface area (Å²) in [5.41, 5.74) is 2.78. The zero-order valence-corrected chi connectivity index (χ0v) is 20.1. The van der Waals surface area contributed by atoms with Crippen LogP contribution in [0.15, 0.2) is 29.0 Å². The lowest BCUT2D eigenvalue weighted by Crippen LogP contribution is -2.39. The van der Waals surface area contributed by atoms with Gasteiger partial charge in [0.05, 0.1) is 22.7 Å². The van der Waals surface area contributed by atoms with Gasteiger partial charge in [-0.3, -0.25) is 4.79 Å². The van der Waals surface area contributed by atoms with Crippen LogP contribution in [0.5, 0.6) is 0 Å². The van der Waals surface area contributed by atoms with E-state index in [0.717, 1.165) is 49.0 Å². The number of anilines is 1. The summed E-state index contributed by atoms with van der Waals surface area (Å²) in [5, 5.41) is 24.4. The van der Waals surface area contributed by atoms with Crippen molar-refractivity contribution in [3.05, 3.63) is 40.1 Å². The minimum Gasteiger partial charge on any atom is -0.359 e. The van der Waals surface area contributed by atoms with Crippen molar-refractivity contribution in [2.45, 2.75) is 38.1 Å². The summed E-state index contributed by atoms with van der Waals surface area (Å²) in [5.74, 6) is 0.966. The number of fused-ring (bicyclic) bond motifs is 1. The fourth-order valence-corrected chi connectivity index (χ4v) is 5.19. The fraction of sp³-hybridized carbons (Fsp3) is 0.435. The number of hydrogen-bond acceptors (Lipinski definition) is 7. The van der Waals surface area contributed by atoms with Crippen molar-refractivity contribution in [2.75, 3.05) is 25.5 Å². The SMILES string of the molecule is CNC(=O)[C@]1(C)CC[C@@H](Nc2ncc3c(Br)nn(-c4cc(C#N)cc(C5CNC5)c4)c3n2)C1. The first-order valence-corrected chi connectivity index (χ1v) is 11.9. The number of nitrogens with one attached hydrogen (secondary N) is 3. The highest BCUT2D eigenvalue weighted by Gasteiger charge is 2.41. The summed E-state index contributed by atoms with van der Waals surface area (Å²) in [7, 11) is 1.68. The molecule has 9 nitrogen and oxygen atoms in total. The largest absolute Gasteiger partial charge is 0.359 e. The van der Waals surface area contributed by atoms with E-state index in [2.05, 4.69) is 54.1 Å². The number of rotatable bonds is 5. The molecule has 2 aliphatic rings. The average molecular weight is 509 g/mol. The van der Waals surface area contributed by atoms with E-state index in [4.69, 9.17) is 4.98 Å². The first kappa shape index (κ1) is 21.8. The Hall–Kier alpha value is -3.03. The van der Waals surface area contributed by atoms with Crippen molar-refractivity contribution in [3.8, 4) is 11.8 Å². The number of carbonyl (C=O) groups excluding carboxylic acids is 1. The van der Waals surface area contributed by atoms with E-state index in [0.29, 0.717) is 27.7 Å². The minimum atomic E-state index is -0.383. The highest BCUT2D eigenvalue weighted by molar-refractivity contribution is 9.10. The van der Waals surface area contributed by atoms with Gasteiger partial charge in [-0.2, -0.15) is 15.3 Å². The number of nitrogens with zero attached hydrogens (tertiary/aromatic N) is 5. The van der Waals surface area contributed by atoms with Crippen molar-refractivity contribution in [1.82, 2.24) is 30.4 Å². The molecule has 1 aliphatic carbocycles. The molecule has 1 amide bonds. The molecule has 1 saturated heterocycles. The molecule has 1 aromatic carbocycles. The monoisotopic (exact) mass is 508 g/mol. The Morgan fingerprint density at radius 2 is 2.18 bits per heavy atom. The van der Waals surface area contributed by atoms with Gasteiger partial charge in [-0.25, -0.2) is 9.67 Å². The quantitative estimate of drug-likeness (QED) is 0.484. The molecular formula is C23H25BrN8O. The van der Waals surface area contributed by atoms with Crippen LogP contribution in [-0.4, -0.2) is 51.8 Å². The molecule has 3 aromatic rings. The molecular weight excluding hydrogens is 484 g/mol. The van der Waals surface area contributed by atoms with Crippen molar-refractivity contribution >= 4 is 38.8 Å². The molecule has 0 bridgehead atoms. The number of halogens is 1. The molecule has 2 aromatic heterocycles. The Morgan fingerprint density at radius 3 is 2.88 bits per heavy atom. The highest BCUT2D eigenvalue weighted by atomic mass is 79.9. The van der Waals surface area contributed by atoms with E-state index >= 15 is 0 Å². The first-order valence-electron chi connectivity index (χ1n) is 11.1. The molecule has 2 atom stereocenters. The van der Waals surface area contributed by atoms with E-state index in [9.17, 15) is 10.1 Å². The van der Waals surface area contributed by atoms with Crippen LogP contribution in [0.4, 0.5) is 5.95 Å². The fourth-order valence-electron chi connectivity index (χ4n) is 4.75. The Balaban J connectivity index is 1.48. The Kier molecular flexibility index (Phi) is 5.54. The molecule has 0 radical (unpaired) electrons. The first-order chi connectivity index (χ1) is 15.9. The van der Waals surface area contributed by atoms with Gasteiger partial charge >= 0.3 is 0 Å². The second-order valence-electron chi connectivity index (χ2n) is 9.14. The third-order valence-corrected chi connectivity index (χ3v) is 7.38. The van der Waals surface area contributed by atoms with Gasteiger partial charge in [0.1, 0.15) is 4.60 Å². The van der Waals surface area contributed by atoms with Crippen LogP contribution < -0.4 is 16.0 Å². The van der Waals surface area contributed by atoms with Crippen molar-refractivity contribution < 1.29 is 4.79 Å². The van der Waals surface area contributed by atoms with E-state index in [-0.39, 0.29) is 17.4 Å². The maximum Gasteiger partial charge on any atom is 0.225 e. The Bertz CT molecular complexity index is 1280. The normalized spacial score (nSPS) is 22.7. The summed E-state index contributed by atoms with van der Waals surface area (Å²) in [4.78, 5) is 21.5. The van der Waals surface area contributed by atoms with Gasteiger partial charge < -0.3 is 16.0 Å². The van der Waals surface area contributed by atoms with Crippen LogP contribution >= 0.6 is 15.9 Å². The van der Waals surface area contributed by atoms with Crippen LogP contribution in [-0.2, 0) is 4.79 Å². The summed E-state index contributed by atoms with van der Waals surface area (Å²) >= 11 is 3.52. The third-order valence-electron chi connectivity index (χ3n) is 6.80. The zero-order chi connectivity index (χ0) is 23.2. The smallest absolute Gasteiger partial charge is 0.225 e. The number of benzene rings is 1. The van der Waals surface area contributed by atoms with Gasteiger partial charge in [-0.05, 0) is 59.0 Å². The number of aromatic nitrogens is 4. The van der Waals surface area contributed by atoms with Crippen molar-refractivity contribution in [1.29, 1.82) is 5.26 Å². The van der Waals surface area contributed by atoms with Crippen LogP contribution in [0.2, 0.25) is 0 Å². The number of nitriles is 1. The number of carbonyl (C=O) groups is 1. The average Bonchev–Trinajstić information content (AvgIpc) is 3.32. The predicted octanol–water partition coefficient (Wildman–Crippen LogP) is 2.85.